The van der Waals surface area contributed by atoms with Crippen LogP contribution in [0.25, 0.3) is 0 Å². The van der Waals surface area contributed by atoms with Crippen LogP contribution in [0.4, 0.5) is 0 Å². The highest BCUT2D eigenvalue weighted by molar-refractivity contribution is 7.98. The predicted molar refractivity (Wildman–Crippen MR) is 109 cm³/mol. The zero-order valence-electron chi connectivity index (χ0n) is 14.9. The molecule has 0 aromatic heterocycles. The van der Waals surface area contributed by atoms with Crippen LogP contribution >= 0.6 is 23.9 Å². The topological polar surface area (TPSA) is 49.4 Å². The molecule has 26 heavy (non-hydrogen) atoms. The fourth-order valence-corrected chi connectivity index (χ4v) is 3.74. The minimum absolute atomic E-state index is 0.515. The van der Waals surface area contributed by atoms with Gasteiger partial charge in [-0.3, -0.25) is 18.6 Å². The van der Waals surface area contributed by atoms with Gasteiger partial charge in [-0.15, -0.1) is 0 Å². The Labute approximate surface area is 164 Å². The van der Waals surface area contributed by atoms with Crippen LogP contribution in [0.2, 0.25) is 0 Å². The average Bonchev–Trinajstić information content (AvgIpc) is 2.69. The van der Waals surface area contributed by atoms with E-state index in [0.29, 0.717) is 6.54 Å². The van der Waals surface area contributed by atoms with Gasteiger partial charge in [-0.1, -0.05) is 62.6 Å². The maximum atomic E-state index is 12.6. The first-order valence-corrected chi connectivity index (χ1v) is 10.4. The van der Waals surface area contributed by atoms with Crippen molar-refractivity contribution in [2.75, 3.05) is 6.54 Å². The highest BCUT2D eigenvalue weighted by Gasteiger charge is 2.23. The number of nitrogens with zero attached hydrogens (tertiary/aromatic N) is 1. The summed E-state index contributed by atoms with van der Waals surface area (Å²) in [7, 11) is 0. The SMILES string of the molecule is CCCCCCN(Sc1ccccc1)C(=O)C(=O)NSc1ccccc1. The van der Waals surface area contributed by atoms with E-state index >= 15 is 0 Å². The Morgan fingerprint density at radius 1 is 0.885 bits per heavy atom. The third-order valence-corrected chi connectivity index (χ3v) is 5.45. The van der Waals surface area contributed by atoms with Gasteiger partial charge in [0.05, 0.1) is 0 Å². The number of carbonyl (C=O) groups excluding carboxylic acids is 2. The van der Waals surface area contributed by atoms with E-state index in [1.165, 1.54) is 11.9 Å². The van der Waals surface area contributed by atoms with Crippen molar-refractivity contribution < 1.29 is 9.59 Å². The number of hydrogen-bond acceptors (Lipinski definition) is 4. The Bertz CT molecular complexity index is 681. The van der Waals surface area contributed by atoms with Gasteiger partial charge >= 0.3 is 11.8 Å². The Morgan fingerprint density at radius 3 is 2.12 bits per heavy atom. The van der Waals surface area contributed by atoms with Crippen molar-refractivity contribution in [3.63, 3.8) is 0 Å². The molecule has 0 aliphatic rings. The van der Waals surface area contributed by atoms with E-state index in [-0.39, 0.29) is 0 Å². The van der Waals surface area contributed by atoms with Gasteiger partial charge in [0.2, 0.25) is 0 Å². The fourth-order valence-electron chi connectivity index (χ4n) is 2.23. The van der Waals surface area contributed by atoms with Gasteiger partial charge in [0.25, 0.3) is 0 Å². The first-order chi connectivity index (χ1) is 12.7. The second kappa shape index (κ2) is 11.6. The summed E-state index contributed by atoms with van der Waals surface area (Å²) in [5.74, 6) is -1.11. The molecule has 2 aromatic rings. The summed E-state index contributed by atoms with van der Waals surface area (Å²) in [6.07, 6.45) is 4.20. The van der Waals surface area contributed by atoms with E-state index in [0.717, 1.165) is 47.4 Å². The molecule has 0 spiro atoms. The molecule has 6 heteroatoms. The van der Waals surface area contributed by atoms with E-state index in [2.05, 4.69) is 11.6 Å². The van der Waals surface area contributed by atoms with Crippen molar-refractivity contribution in [3.05, 3.63) is 60.7 Å². The summed E-state index contributed by atoms with van der Waals surface area (Å²) in [6.45, 7) is 2.71. The second-order valence-corrected chi connectivity index (χ2v) is 7.69. The minimum Gasteiger partial charge on any atom is -0.288 e. The van der Waals surface area contributed by atoms with Gasteiger partial charge in [-0.2, -0.15) is 0 Å². The zero-order valence-corrected chi connectivity index (χ0v) is 16.5. The Kier molecular flexibility index (Phi) is 9.14. The maximum absolute atomic E-state index is 12.6. The van der Waals surface area contributed by atoms with Crippen LogP contribution in [0, 0.1) is 0 Å². The van der Waals surface area contributed by atoms with E-state index in [9.17, 15) is 9.59 Å². The smallest absolute Gasteiger partial charge is 0.288 e. The molecular weight excluding hydrogens is 364 g/mol. The van der Waals surface area contributed by atoms with Gasteiger partial charge < -0.3 is 0 Å². The van der Waals surface area contributed by atoms with E-state index in [4.69, 9.17) is 0 Å². The number of rotatable bonds is 9. The van der Waals surface area contributed by atoms with Crippen molar-refractivity contribution in [1.29, 1.82) is 0 Å². The van der Waals surface area contributed by atoms with E-state index in [1.54, 1.807) is 4.31 Å². The molecule has 1 N–H and O–H groups in total. The standard InChI is InChI=1S/C20H24N2O2S2/c1-2-3-4-11-16-22(26-18-14-9-6-10-15-18)20(24)19(23)21-25-17-12-7-5-8-13-17/h5-10,12-15H,2-4,11,16H2,1H3,(H,21,23). The van der Waals surface area contributed by atoms with Crippen LogP contribution in [0.5, 0.6) is 0 Å². The Morgan fingerprint density at radius 2 is 1.50 bits per heavy atom. The molecule has 4 nitrogen and oxygen atoms in total. The Hall–Kier alpha value is -1.92. The number of nitrogens with one attached hydrogen (secondary N) is 1. The molecule has 0 aliphatic carbocycles. The van der Waals surface area contributed by atoms with Crippen LogP contribution in [0.1, 0.15) is 32.6 Å². The van der Waals surface area contributed by atoms with Crippen LogP contribution in [-0.4, -0.2) is 22.7 Å². The molecule has 0 saturated heterocycles. The molecule has 2 aromatic carbocycles. The molecule has 138 valence electrons. The molecule has 0 unspecified atom stereocenters. The zero-order chi connectivity index (χ0) is 18.6. The molecule has 2 rings (SSSR count). The molecule has 0 atom stereocenters. The lowest BCUT2D eigenvalue weighted by molar-refractivity contribution is -0.141. The van der Waals surface area contributed by atoms with Crippen LogP contribution in [-0.2, 0) is 9.59 Å². The number of carbonyl (C=O) groups is 2. The van der Waals surface area contributed by atoms with Gasteiger partial charge in [0.15, 0.2) is 0 Å². The lowest BCUT2D eigenvalue weighted by Gasteiger charge is -2.20. The lowest BCUT2D eigenvalue weighted by Crippen LogP contribution is -2.37. The van der Waals surface area contributed by atoms with E-state index in [1.807, 2.05) is 60.7 Å². The quantitative estimate of drug-likeness (QED) is 0.376. The molecule has 0 aliphatic heterocycles. The number of benzene rings is 2. The highest BCUT2D eigenvalue weighted by Crippen LogP contribution is 2.23. The summed E-state index contributed by atoms with van der Waals surface area (Å²) < 4.78 is 4.20. The normalized spacial score (nSPS) is 10.3. The molecule has 0 radical (unpaired) electrons. The van der Waals surface area contributed by atoms with Gasteiger partial charge in [-0.25, -0.2) is 0 Å². The monoisotopic (exact) mass is 388 g/mol. The molecule has 2 amide bonds. The number of amides is 2. The summed E-state index contributed by atoms with van der Waals surface area (Å²) >= 11 is 2.47. The number of unbranched alkanes of at least 4 members (excludes halogenated alkanes) is 3. The highest BCUT2D eigenvalue weighted by atomic mass is 32.2. The van der Waals surface area contributed by atoms with Crippen LogP contribution in [0.15, 0.2) is 70.5 Å². The summed E-state index contributed by atoms with van der Waals surface area (Å²) in [5.41, 5.74) is 0. The molecule has 0 bridgehead atoms. The minimum atomic E-state index is -0.599. The van der Waals surface area contributed by atoms with E-state index < -0.39 is 11.8 Å². The number of hydrogen-bond donors (Lipinski definition) is 1. The van der Waals surface area contributed by atoms with Crippen molar-refractivity contribution in [1.82, 2.24) is 9.03 Å². The van der Waals surface area contributed by atoms with Gasteiger partial charge in [-0.05, 0) is 54.6 Å². The third-order valence-electron chi connectivity index (χ3n) is 3.60. The Balaban J connectivity index is 1.94. The van der Waals surface area contributed by atoms with Crippen molar-refractivity contribution >= 4 is 35.7 Å². The largest absolute Gasteiger partial charge is 0.322 e. The predicted octanol–water partition coefficient (Wildman–Crippen LogP) is 4.93. The fraction of sp³-hybridized carbons (Fsp3) is 0.300. The second-order valence-electron chi connectivity index (χ2n) is 5.72. The third kappa shape index (κ3) is 7.14. The average molecular weight is 389 g/mol. The van der Waals surface area contributed by atoms with Gasteiger partial charge in [0.1, 0.15) is 0 Å². The van der Waals surface area contributed by atoms with Crippen molar-refractivity contribution in [2.24, 2.45) is 0 Å². The van der Waals surface area contributed by atoms with Crippen molar-refractivity contribution in [3.8, 4) is 0 Å². The van der Waals surface area contributed by atoms with Crippen LogP contribution < -0.4 is 4.72 Å². The van der Waals surface area contributed by atoms with Crippen LogP contribution in [0.3, 0.4) is 0 Å². The van der Waals surface area contributed by atoms with Gasteiger partial charge in [0, 0.05) is 16.3 Å². The summed E-state index contributed by atoms with van der Waals surface area (Å²) in [5, 5.41) is 0. The first-order valence-electron chi connectivity index (χ1n) is 8.77. The summed E-state index contributed by atoms with van der Waals surface area (Å²) in [6, 6.07) is 19.1. The summed E-state index contributed by atoms with van der Waals surface area (Å²) in [4.78, 5) is 26.7. The lowest BCUT2D eigenvalue weighted by atomic mass is 10.2. The molecule has 0 heterocycles. The maximum Gasteiger partial charge on any atom is 0.322 e. The first kappa shape index (κ1) is 20.4. The molecular formula is C20H24N2O2S2. The molecule has 0 fully saturated rings. The van der Waals surface area contributed by atoms with Crippen molar-refractivity contribution in [2.45, 2.75) is 42.4 Å². The molecule has 0 saturated carbocycles.